The van der Waals surface area contributed by atoms with Crippen LogP contribution in [-0.2, 0) is 11.2 Å². The Morgan fingerprint density at radius 2 is 2.43 bits per heavy atom. The number of carboxylic acids is 1. The van der Waals surface area contributed by atoms with Crippen molar-refractivity contribution >= 4 is 5.97 Å². The molecule has 0 saturated carbocycles. The summed E-state index contributed by atoms with van der Waals surface area (Å²) in [6.07, 6.45) is 0.762. The Kier molecular flexibility index (Phi) is 3.59. The third-order valence-corrected chi connectivity index (χ3v) is 1.89. The van der Waals surface area contributed by atoms with Crippen molar-refractivity contribution in [3.05, 3.63) is 35.6 Å². The van der Waals surface area contributed by atoms with E-state index in [0.717, 1.165) is 5.56 Å². The van der Waals surface area contributed by atoms with E-state index in [1.54, 1.807) is 6.07 Å². The van der Waals surface area contributed by atoms with Crippen LogP contribution in [-0.4, -0.2) is 17.1 Å². The predicted octanol–water partition coefficient (Wildman–Crippen LogP) is 0.970. The molecule has 1 radical (unpaired) electrons. The molecule has 0 aliphatic rings. The molecule has 3 nitrogen and oxygen atoms in total. The molecule has 1 aromatic rings. The van der Waals surface area contributed by atoms with Crippen molar-refractivity contribution in [3.8, 4) is 0 Å². The molecule has 0 fully saturated rings. The largest absolute Gasteiger partial charge is 0.480 e. The number of nitrogens with two attached hydrogens (primary N) is 1. The maximum atomic E-state index is 12.6. The van der Waals surface area contributed by atoms with Gasteiger partial charge in [-0.15, -0.1) is 0 Å². The van der Waals surface area contributed by atoms with E-state index in [0.29, 0.717) is 12.8 Å². The number of hydrogen-bond acceptors (Lipinski definition) is 2. The molecule has 0 unspecified atom stereocenters. The molecule has 0 saturated heterocycles. The summed E-state index contributed by atoms with van der Waals surface area (Å²) in [5.74, 6) is -1.47. The van der Waals surface area contributed by atoms with Gasteiger partial charge in [0.1, 0.15) is 11.9 Å². The Bertz CT molecular complexity index is 328. The molecule has 0 heterocycles. The second-order valence-electron chi connectivity index (χ2n) is 3.03. The van der Waals surface area contributed by atoms with E-state index in [-0.39, 0.29) is 0 Å². The molecule has 1 aromatic carbocycles. The first-order chi connectivity index (χ1) is 6.59. The van der Waals surface area contributed by atoms with E-state index in [9.17, 15) is 9.18 Å². The fraction of sp³-hybridized carbons (Fsp3) is 0.300. The highest BCUT2D eigenvalue weighted by atomic mass is 19.1. The summed E-state index contributed by atoms with van der Waals surface area (Å²) in [6.45, 7) is 0. The van der Waals surface area contributed by atoms with Crippen molar-refractivity contribution in [3.63, 3.8) is 0 Å². The lowest BCUT2D eigenvalue weighted by atomic mass is 10.1. The molecule has 14 heavy (non-hydrogen) atoms. The molecule has 0 aliphatic carbocycles. The minimum absolute atomic E-state index is 0.304. The highest BCUT2D eigenvalue weighted by Crippen LogP contribution is 2.06. The first-order valence-electron chi connectivity index (χ1n) is 4.24. The average molecular weight is 196 g/mol. The number of carboxylic acid groups (broad SMARTS) is 1. The molecule has 75 valence electrons. The molecule has 0 aliphatic heterocycles. The maximum absolute atomic E-state index is 12.6. The predicted molar refractivity (Wildman–Crippen MR) is 49.2 cm³/mol. The summed E-state index contributed by atoms with van der Waals surface area (Å²) in [4.78, 5) is 10.4. The van der Waals surface area contributed by atoms with Gasteiger partial charge in [-0.25, -0.2) is 4.39 Å². The van der Waals surface area contributed by atoms with Gasteiger partial charge in [0.2, 0.25) is 0 Å². The van der Waals surface area contributed by atoms with E-state index >= 15 is 0 Å². The molecule has 0 bridgehead atoms. The van der Waals surface area contributed by atoms with Gasteiger partial charge >= 0.3 is 5.97 Å². The van der Waals surface area contributed by atoms with Crippen LogP contribution in [0.2, 0.25) is 0 Å². The number of aryl methyl sites for hydroxylation is 1. The van der Waals surface area contributed by atoms with Crippen LogP contribution in [0.3, 0.4) is 0 Å². The lowest BCUT2D eigenvalue weighted by molar-refractivity contribution is -0.138. The van der Waals surface area contributed by atoms with Crippen LogP contribution in [0.15, 0.2) is 18.2 Å². The highest BCUT2D eigenvalue weighted by Gasteiger charge is 2.10. The van der Waals surface area contributed by atoms with Crippen molar-refractivity contribution in [2.75, 3.05) is 0 Å². The number of benzene rings is 1. The van der Waals surface area contributed by atoms with Gasteiger partial charge in [0, 0.05) is 6.07 Å². The van der Waals surface area contributed by atoms with Crippen LogP contribution in [0.5, 0.6) is 0 Å². The molecule has 3 N–H and O–H groups in total. The molecule has 0 spiro atoms. The van der Waals surface area contributed by atoms with Gasteiger partial charge in [-0.1, -0.05) is 12.1 Å². The van der Waals surface area contributed by atoms with Crippen molar-refractivity contribution < 1.29 is 14.3 Å². The zero-order chi connectivity index (χ0) is 10.6. The Morgan fingerprint density at radius 3 is 3.00 bits per heavy atom. The van der Waals surface area contributed by atoms with Crippen molar-refractivity contribution in [2.24, 2.45) is 5.73 Å². The van der Waals surface area contributed by atoms with E-state index in [4.69, 9.17) is 10.8 Å². The van der Waals surface area contributed by atoms with Crippen LogP contribution < -0.4 is 5.73 Å². The Morgan fingerprint density at radius 1 is 1.71 bits per heavy atom. The van der Waals surface area contributed by atoms with E-state index in [1.807, 2.05) is 0 Å². The summed E-state index contributed by atoms with van der Waals surface area (Å²) >= 11 is 0. The average Bonchev–Trinajstić information content (AvgIpc) is 2.14. The minimum atomic E-state index is -1.03. The third kappa shape index (κ3) is 3.14. The maximum Gasteiger partial charge on any atom is 0.320 e. The number of carbonyl (C=O) groups is 1. The van der Waals surface area contributed by atoms with Crippen molar-refractivity contribution in [1.29, 1.82) is 0 Å². The lowest BCUT2D eigenvalue weighted by Crippen LogP contribution is -2.30. The highest BCUT2D eigenvalue weighted by molar-refractivity contribution is 5.73. The van der Waals surface area contributed by atoms with E-state index < -0.39 is 17.8 Å². The van der Waals surface area contributed by atoms with Crippen LogP contribution in [0, 0.1) is 11.9 Å². The first kappa shape index (κ1) is 10.7. The van der Waals surface area contributed by atoms with E-state index in [1.165, 1.54) is 12.1 Å². The topological polar surface area (TPSA) is 63.3 Å². The number of rotatable bonds is 4. The van der Waals surface area contributed by atoms with Crippen LogP contribution in [0.25, 0.3) is 0 Å². The van der Waals surface area contributed by atoms with Gasteiger partial charge in [-0.05, 0) is 24.5 Å². The van der Waals surface area contributed by atoms with Crippen LogP contribution in [0.1, 0.15) is 12.0 Å². The molecule has 0 amide bonds. The fourth-order valence-electron chi connectivity index (χ4n) is 1.08. The van der Waals surface area contributed by atoms with Gasteiger partial charge in [0.15, 0.2) is 0 Å². The minimum Gasteiger partial charge on any atom is -0.480 e. The number of aliphatic carboxylic acids is 1. The summed E-state index contributed by atoms with van der Waals surface area (Å²) < 4.78 is 12.6. The summed E-state index contributed by atoms with van der Waals surface area (Å²) in [6, 6.07) is 5.97. The SMILES string of the molecule is N[C@H](CCc1cc[c]c(F)c1)C(=O)O. The lowest BCUT2D eigenvalue weighted by Gasteiger charge is -2.05. The monoisotopic (exact) mass is 196 g/mol. The van der Waals surface area contributed by atoms with Gasteiger partial charge in [-0.2, -0.15) is 0 Å². The first-order valence-corrected chi connectivity index (χ1v) is 4.24. The zero-order valence-electron chi connectivity index (χ0n) is 7.53. The fourth-order valence-corrected chi connectivity index (χ4v) is 1.08. The van der Waals surface area contributed by atoms with Gasteiger partial charge in [-0.3, -0.25) is 4.79 Å². The molecule has 4 heteroatoms. The summed E-state index contributed by atoms with van der Waals surface area (Å²) in [5.41, 5.74) is 6.04. The second kappa shape index (κ2) is 4.72. The van der Waals surface area contributed by atoms with Gasteiger partial charge in [0.05, 0.1) is 0 Å². The zero-order valence-corrected chi connectivity index (χ0v) is 7.53. The van der Waals surface area contributed by atoms with Crippen LogP contribution in [0.4, 0.5) is 4.39 Å². The van der Waals surface area contributed by atoms with Crippen molar-refractivity contribution in [1.82, 2.24) is 0 Å². The Labute approximate surface area is 81.4 Å². The Hall–Kier alpha value is -1.42. The molecule has 1 rings (SSSR count). The molecule has 0 aromatic heterocycles. The summed E-state index contributed by atoms with van der Waals surface area (Å²) in [7, 11) is 0. The molecule has 1 atom stereocenters. The smallest absolute Gasteiger partial charge is 0.320 e. The standard InChI is InChI=1S/C10H11FNO2/c11-8-3-1-2-7(6-8)4-5-9(12)10(13)14/h1-2,6,9H,4-5,12H2,(H,13,14)/t9-/m1/s1. The third-order valence-electron chi connectivity index (χ3n) is 1.89. The van der Waals surface area contributed by atoms with Crippen molar-refractivity contribution in [2.45, 2.75) is 18.9 Å². The normalized spacial score (nSPS) is 12.4. The van der Waals surface area contributed by atoms with Gasteiger partial charge in [0.25, 0.3) is 0 Å². The quantitative estimate of drug-likeness (QED) is 0.754. The van der Waals surface area contributed by atoms with Gasteiger partial charge < -0.3 is 10.8 Å². The number of halogens is 1. The number of hydrogen-bond donors (Lipinski definition) is 2. The summed E-state index contributed by atoms with van der Waals surface area (Å²) in [5, 5.41) is 8.51. The molecular weight excluding hydrogens is 185 g/mol. The Balaban J connectivity index is 2.49. The van der Waals surface area contributed by atoms with E-state index in [2.05, 4.69) is 6.07 Å². The van der Waals surface area contributed by atoms with Crippen LogP contribution >= 0.6 is 0 Å². The molecular formula is C10H11FNO2. The second-order valence-corrected chi connectivity index (χ2v) is 3.03.